The van der Waals surface area contributed by atoms with Crippen molar-refractivity contribution in [3.05, 3.63) is 11.3 Å². The standard InChI is InChI=1S/C10H14O3/c1-10(2,3)9(13)8-6(11)4-5-7(8)12/h11H,4-5H2,1-3H3. The normalized spacial score (nSPS) is 18.2. The summed E-state index contributed by atoms with van der Waals surface area (Å²) in [5.41, 5.74) is -0.573. The summed E-state index contributed by atoms with van der Waals surface area (Å²) in [4.78, 5) is 22.9. The number of rotatable bonds is 1. The van der Waals surface area contributed by atoms with E-state index in [-0.39, 0.29) is 29.3 Å². The minimum Gasteiger partial charge on any atom is -0.511 e. The molecule has 0 saturated heterocycles. The lowest BCUT2D eigenvalue weighted by molar-refractivity contribution is -0.125. The first kappa shape index (κ1) is 9.96. The number of Topliss-reactive ketones (excluding diaryl/α,β-unsaturated/α-hetero) is 2. The first-order valence-electron chi connectivity index (χ1n) is 4.34. The van der Waals surface area contributed by atoms with Crippen LogP contribution < -0.4 is 0 Å². The zero-order valence-corrected chi connectivity index (χ0v) is 8.18. The molecule has 0 atom stereocenters. The van der Waals surface area contributed by atoms with Gasteiger partial charge in [-0.15, -0.1) is 0 Å². The molecule has 0 fully saturated rings. The zero-order valence-electron chi connectivity index (χ0n) is 8.18. The summed E-state index contributed by atoms with van der Waals surface area (Å²) in [5.74, 6) is -0.519. The number of aliphatic hydroxyl groups is 1. The van der Waals surface area contributed by atoms with Gasteiger partial charge in [-0.2, -0.15) is 0 Å². The number of carbonyl (C=O) groups is 2. The van der Waals surface area contributed by atoms with Gasteiger partial charge in [0.2, 0.25) is 0 Å². The number of hydrogen-bond donors (Lipinski definition) is 1. The summed E-state index contributed by atoms with van der Waals surface area (Å²) in [7, 11) is 0. The third-order valence-electron chi connectivity index (χ3n) is 2.06. The minimum absolute atomic E-state index is 0.0208. The molecule has 1 N–H and O–H groups in total. The van der Waals surface area contributed by atoms with Crippen LogP contribution in [0.15, 0.2) is 11.3 Å². The number of carbonyl (C=O) groups excluding carboxylic acids is 2. The van der Waals surface area contributed by atoms with Gasteiger partial charge in [0.25, 0.3) is 0 Å². The van der Waals surface area contributed by atoms with Crippen molar-refractivity contribution in [1.29, 1.82) is 0 Å². The highest BCUT2D eigenvalue weighted by atomic mass is 16.3. The quantitative estimate of drug-likeness (QED) is 0.629. The molecular formula is C10H14O3. The van der Waals surface area contributed by atoms with Crippen molar-refractivity contribution in [3.8, 4) is 0 Å². The Kier molecular flexibility index (Phi) is 2.28. The molecule has 0 heterocycles. The Bertz CT molecular complexity index is 292. The average Bonchev–Trinajstić information content (AvgIpc) is 2.28. The van der Waals surface area contributed by atoms with Crippen molar-refractivity contribution in [1.82, 2.24) is 0 Å². The number of aliphatic hydroxyl groups excluding tert-OH is 1. The Hall–Kier alpha value is -1.12. The van der Waals surface area contributed by atoms with E-state index in [1.807, 2.05) is 0 Å². The van der Waals surface area contributed by atoms with Crippen LogP contribution in [0.4, 0.5) is 0 Å². The number of ketones is 2. The van der Waals surface area contributed by atoms with E-state index in [9.17, 15) is 14.7 Å². The maximum Gasteiger partial charge on any atom is 0.175 e. The van der Waals surface area contributed by atoms with E-state index in [0.29, 0.717) is 6.42 Å². The van der Waals surface area contributed by atoms with Crippen LogP contribution in [0.1, 0.15) is 33.6 Å². The molecule has 0 saturated carbocycles. The summed E-state index contributed by atoms with van der Waals surface area (Å²) >= 11 is 0. The van der Waals surface area contributed by atoms with Crippen LogP contribution in [0, 0.1) is 5.41 Å². The third kappa shape index (κ3) is 1.79. The Morgan fingerprint density at radius 3 is 2.15 bits per heavy atom. The van der Waals surface area contributed by atoms with Crippen molar-refractivity contribution in [2.45, 2.75) is 33.6 Å². The topological polar surface area (TPSA) is 54.4 Å². The van der Waals surface area contributed by atoms with Gasteiger partial charge in [0.1, 0.15) is 5.76 Å². The van der Waals surface area contributed by atoms with Gasteiger partial charge >= 0.3 is 0 Å². The molecule has 72 valence electrons. The first-order valence-corrected chi connectivity index (χ1v) is 4.34. The molecule has 13 heavy (non-hydrogen) atoms. The molecule has 3 nitrogen and oxygen atoms in total. The van der Waals surface area contributed by atoms with E-state index in [1.165, 1.54) is 0 Å². The Morgan fingerprint density at radius 1 is 1.31 bits per heavy atom. The fourth-order valence-electron chi connectivity index (χ4n) is 1.28. The largest absolute Gasteiger partial charge is 0.511 e. The summed E-state index contributed by atoms with van der Waals surface area (Å²) in [6.45, 7) is 5.21. The van der Waals surface area contributed by atoms with Gasteiger partial charge in [0.15, 0.2) is 11.6 Å². The molecule has 0 aliphatic heterocycles. The highest BCUT2D eigenvalue weighted by molar-refractivity contribution is 6.23. The molecule has 0 bridgehead atoms. The Balaban J connectivity index is 3.02. The second-order valence-corrected chi connectivity index (χ2v) is 4.32. The molecular weight excluding hydrogens is 168 g/mol. The van der Waals surface area contributed by atoms with E-state index in [4.69, 9.17) is 0 Å². The van der Waals surface area contributed by atoms with Crippen LogP contribution >= 0.6 is 0 Å². The lowest BCUT2D eigenvalue weighted by atomic mass is 9.85. The molecule has 0 aromatic rings. The SMILES string of the molecule is CC(C)(C)C(=O)C1=C(O)CCC1=O. The lowest BCUT2D eigenvalue weighted by Gasteiger charge is -2.16. The van der Waals surface area contributed by atoms with Crippen molar-refractivity contribution in [2.75, 3.05) is 0 Å². The van der Waals surface area contributed by atoms with E-state index in [0.717, 1.165) is 0 Å². The summed E-state index contributed by atoms with van der Waals surface area (Å²) in [6, 6.07) is 0. The Morgan fingerprint density at radius 2 is 1.85 bits per heavy atom. The van der Waals surface area contributed by atoms with Gasteiger partial charge in [-0.1, -0.05) is 20.8 Å². The third-order valence-corrected chi connectivity index (χ3v) is 2.06. The van der Waals surface area contributed by atoms with Gasteiger partial charge in [0.05, 0.1) is 5.57 Å². The highest BCUT2D eigenvalue weighted by Crippen LogP contribution is 2.28. The van der Waals surface area contributed by atoms with Crippen LogP contribution in [0.2, 0.25) is 0 Å². The molecule has 0 aromatic heterocycles. The average molecular weight is 182 g/mol. The second-order valence-electron chi connectivity index (χ2n) is 4.32. The maximum absolute atomic E-state index is 11.6. The molecule has 0 radical (unpaired) electrons. The van der Waals surface area contributed by atoms with E-state index >= 15 is 0 Å². The van der Waals surface area contributed by atoms with Gasteiger partial charge in [-0.05, 0) is 0 Å². The van der Waals surface area contributed by atoms with Crippen LogP contribution in [0.3, 0.4) is 0 Å². The van der Waals surface area contributed by atoms with E-state index in [2.05, 4.69) is 0 Å². The molecule has 0 aromatic carbocycles. The highest BCUT2D eigenvalue weighted by Gasteiger charge is 2.34. The van der Waals surface area contributed by atoms with Gasteiger partial charge < -0.3 is 5.11 Å². The monoisotopic (exact) mass is 182 g/mol. The molecule has 1 aliphatic rings. The van der Waals surface area contributed by atoms with E-state index < -0.39 is 5.41 Å². The summed E-state index contributed by atoms with van der Waals surface area (Å²) < 4.78 is 0. The Labute approximate surface area is 77.4 Å². The predicted molar refractivity (Wildman–Crippen MR) is 48.4 cm³/mol. The molecule has 0 spiro atoms. The van der Waals surface area contributed by atoms with Crippen LogP contribution in [0.25, 0.3) is 0 Å². The van der Waals surface area contributed by atoms with Crippen molar-refractivity contribution in [2.24, 2.45) is 5.41 Å². The number of hydrogen-bond acceptors (Lipinski definition) is 3. The molecule has 3 heteroatoms. The van der Waals surface area contributed by atoms with Crippen molar-refractivity contribution >= 4 is 11.6 Å². The van der Waals surface area contributed by atoms with Gasteiger partial charge in [0, 0.05) is 18.3 Å². The molecule has 1 rings (SSSR count). The van der Waals surface area contributed by atoms with Gasteiger partial charge in [-0.3, -0.25) is 9.59 Å². The van der Waals surface area contributed by atoms with Crippen LogP contribution in [0.5, 0.6) is 0 Å². The predicted octanol–water partition coefficient (Wildman–Crippen LogP) is 1.78. The summed E-state index contributed by atoms with van der Waals surface area (Å²) in [5, 5.41) is 9.33. The number of allylic oxidation sites excluding steroid dienone is 2. The fraction of sp³-hybridized carbons (Fsp3) is 0.600. The van der Waals surface area contributed by atoms with Crippen LogP contribution in [-0.4, -0.2) is 16.7 Å². The first-order chi connectivity index (χ1) is 5.84. The zero-order chi connectivity index (χ0) is 10.2. The maximum atomic E-state index is 11.6. The second kappa shape index (κ2) is 2.98. The smallest absolute Gasteiger partial charge is 0.175 e. The lowest BCUT2D eigenvalue weighted by Crippen LogP contribution is -2.25. The summed E-state index contributed by atoms with van der Waals surface area (Å²) in [6.07, 6.45) is 0.582. The van der Waals surface area contributed by atoms with Crippen molar-refractivity contribution < 1.29 is 14.7 Å². The molecule has 1 aliphatic carbocycles. The molecule has 0 amide bonds. The van der Waals surface area contributed by atoms with E-state index in [1.54, 1.807) is 20.8 Å². The fourth-order valence-corrected chi connectivity index (χ4v) is 1.28. The van der Waals surface area contributed by atoms with Gasteiger partial charge in [-0.25, -0.2) is 0 Å². The van der Waals surface area contributed by atoms with Crippen molar-refractivity contribution in [3.63, 3.8) is 0 Å². The molecule has 0 unspecified atom stereocenters. The minimum atomic E-state index is -0.594. The van der Waals surface area contributed by atoms with Crippen LogP contribution in [-0.2, 0) is 9.59 Å².